The van der Waals surface area contributed by atoms with Crippen LogP contribution in [0, 0.1) is 0 Å². The van der Waals surface area contributed by atoms with E-state index in [1.54, 1.807) is 6.92 Å². The van der Waals surface area contributed by atoms with Crippen molar-refractivity contribution in [3.05, 3.63) is 36.4 Å². The molecule has 6 heteroatoms. The van der Waals surface area contributed by atoms with Crippen LogP contribution in [-0.4, -0.2) is 36.0 Å². The normalized spacial score (nSPS) is 14.7. The molecule has 0 bridgehead atoms. The molecule has 1 aromatic heterocycles. The predicted molar refractivity (Wildman–Crippen MR) is 98.8 cm³/mol. The highest BCUT2D eigenvalue weighted by molar-refractivity contribution is 5.85. The van der Waals surface area contributed by atoms with Crippen LogP contribution < -0.4 is 10.2 Å². The Labute approximate surface area is 148 Å². The molecule has 132 valence electrons. The average molecular weight is 340 g/mol. The van der Waals surface area contributed by atoms with Crippen molar-refractivity contribution < 1.29 is 9.53 Å². The van der Waals surface area contributed by atoms with Gasteiger partial charge in [-0.1, -0.05) is 25.0 Å². The number of carbonyl (C=O) groups excluding carboxylic acids is 1. The molecule has 2 heterocycles. The van der Waals surface area contributed by atoms with E-state index in [1.165, 1.54) is 25.7 Å². The molecule has 1 aliphatic heterocycles. The van der Waals surface area contributed by atoms with Crippen molar-refractivity contribution in [2.75, 3.05) is 29.9 Å². The zero-order valence-electron chi connectivity index (χ0n) is 14.6. The Hall–Kier alpha value is -2.63. The van der Waals surface area contributed by atoms with Gasteiger partial charge in [0.15, 0.2) is 5.82 Å². The fourth-order valence-corrected chi connectivity index (χ4v) is 2.99. The average Bonchev–Trinajstić information content (AvgIpc) is 2.92. The summed E-state index contributed by atoms with van der Waals surface area (Å²) in [5.41, 5.74) is 2.37. The van der Waals surface area contributed by atoms with Crippen LogP contribution in [-0.2, 0) is 4.74 Å². The maximum atomic E-state index is 11.5. The van der Waals surface area contributed by atoms with Crippen molar-refractivity contribution in [3.8, 4) is 11.3 Å². The molecule has 0 spiro atoms. The van der Waals surface area contributed by atoms with Gasteiger partial charge in [-0.15, -0.1) is 10.2 Å². The van der Waals surface area contributed by atoms with Gasteiger partial charge in [-0.3, -0.25) is 5.32 Å². The second-order valence-electron chi connectivity index (χ2n) is 6.10. The number of amides is 1. The van der Waals surface area contributed by atoms with Crippen LogP contribution in [0.1, 0.15) is 32.6 Å². The smallest absolute Gasteiger partial charge is 0.411 e. The largest absolute Gasteiger partial charge is 0.450 e. The van der Waals surface area contributed by atoms with Gasteiger partial charge in [-0.25, -0.2) is 4.79 Å². The molecular formula is C19H24N4O2. The molecule has 3 rings (SSSR count). The lowest BCUT2D eigenvalue weighted by Crippen LogP contribution is -2.25. The quantitative estimate of drug-likeness (QED) is 0.908. The summed E-state index contributed by atoms with van der Waals surface area (Å²) in [6.07, 6.45) is 4.56. The number of rotatable bonds is 4. The Morgan fingerprint density at radius 2 is 1.92 bits per heavy atom. The minimum atomic E-state index is -0.456. The number of nitrogens with one attached hydrogen (secondary N) is 1. The van der Waals surface area contributed by atoms with Gasteiger partial charge in [0.05, 0.1) is 12.3 Å². The molecule has 1 saturated heterocycles. The van der Waals surface area contributed by atoms with Gasteiger partial charge < -0.3 is 9.64 Å². The van der Waals surface area contributed by atoms with E-state index in [-0.39, 0.29) is 0 Å². The molecular weight excluding hydrogens is 316 g/mol. The van der Waals surface area contributed by atoms with Crippen LogP contribution in [0.15, 0.2) is 36.4 Å². The van der Waals surface area contributed by atoms with E-state index in [0.29, 0.717) is 12.3 Å². The van der Waals surface area contributed by atoms with Crippen LogP contribution in [0.25, 0.3) is 11.3 Å². The molecule has 0 aliphatic carbocycles. The highest BCUT2D eigenvalue weighted by atomic mass is 16.5. The third-order valence-corrected chi connectivity index (χ3v) is 4.26. The third kappa shape index (κ3) is 4.68. The fraction of sp³-hybridized carbons (Fsp3) is 0.421. The molecule has 0 unspecified atom stereocenters. The lowest BCUT2D eigenvalue weighted by atomic mass is 10.1. The Morgan fingerprint density at radius 1 is 1.12 bits per heavy atom. The lowest BCUT2D eigenvalue weighted by Gasteiger charge is -2.20. The van der Waals surface area contributed by atoms with E-state index in [4.69, 9.17) is 4.74 Å². The van der Waals surface area contributed by atoms with Crippen molar-refractivity contribution in [1.82, 2.24) is 10.2 Å². The molecule has 1 fully saturated rings. The fourth-order valence-electron chi connectivity index (χ4n) is 2.99. The van der Waals surface area contributed by atoms with Crippen molar-refractivity contribution in [3.63, 3.8) is 0 Å². The van der Waals surface area contributed by atoms with Gasteiger partial charge in [0.2, 0.25) is 0 Å². The SMILES string of the molecule is CCOC(=O)Nc1cccc(-c2ccc(N3CCCCCC3)nn2)c1. The Kier molecular flexibility index (Phi) is 5.82. The molecule has 1 N–H and O–H groups in total. The molecule has 1 aromatic carbocycles. The monoisotopic (exact) mass is 340 g/mol. The number of ether oxygens (including phenoxy) is 1. The van der Waals surface area contributed by atoms with Gasteiger partial charge >= 0.3 is 6.09 Å². The van der Waals surface area contributed by atoms with Gasteiger partial charge in [-0.05, 0) is 44.0 Å². The second-order valence-corrected chi connectivity index (χ2v) is 6.10. The summed E-state index contributed by atoms with van der Waals surface area (Å²) < 4.78 is 4.90. The van der Waals surface area contributed by atoms with Crippen LogP contribution in [0.3, 0.4) is 0 Å². The van der Waals surface area contributed by atoms with Gasteiger partial charge in [0, 0.05) is 24.3 Å². The summed E-state index contributed by atoms with van der Waals surface area (Å²) in [4.78, 5) is 13.8. The summed E-state index contributed by atoms with van der Waals surface area (Å²) in [7, 11) is 0. The number of anilines is 2. The first kappa shape index (κ1) is 17.2. The van der Waals surface area contributed by atoms with Crippen molar-refractivity contribution in [1.29, 1.82) is 0 Å². The third-order valence-electron chi connectivity index (χ3n) is 4.26. The topological polar surface area (TPSA) is 67.3 Å². The van der Waals surface area contributed by atoms with Gasteiger partial charge in [0.25, 0.3) is 0 Å². The molecule has 0 radical (unpaired) electrons. The molecule has 2 aromatic rings. The van der Waals surface area contributed by atoms with Crippen LogP contribution >= 0.6 is 0 Å². The first-order chi connectivity index (χ1) is 12.3. The second kappa shape index (κ2) is 8.46. The van der Waals surface area contributed by atoms with Crippen molar-refractivity contribution in [2.24, 2.45) is 0 Å². The summed E-state index contributed by atoms with van der Waals surface area (Å²) in [5.74, 6) is 0.937. The minimum Gasteiger partial charge on any atom is -0.450 e. The highest BCUT2D eigenvalue weighted by Crippen LogP contribution is 2.23. The summed E-state index contributed by atoms with van der Waals surface area (Å²) >= 11 is 0. The Balaban J connectivity index is 1.72. The minimum absolute atomic E-state index is 0.342. The van der Waals surface area contributed by atoms with Gasteiger partial charge in [0.1, 0.15) is 0 Å². The first-order valence-electron chi connectivity index (χ1n) is 8.89. The van der Waals surface area contributed by atoms with E-state index >= 15 is 0 Å². The number of carbonyl (C=O) groups is 1. The summed E-state index contributed by atoms with van der Waals surface area (Å²) in [5, 5.41) is 11.5. The lowest BCUT2D eigenvalue weighted by molar-refractivity contribution is 0.168. The zero-order valence-corrected chi connectivity index (χ0v) is 14.6. The van der Waals surface area contributed by atoms with Crippen molar-refractivity contribution >= 4 is 17.6 Å². The van der Waals surface area contributed by atoms with E-state index in [1.807, 2.05) is 36.4 Å². The predicted octanol–water partition coefficient (Wildman–Crippen LogP) is 4.09. The van der Waals surface area contributed by atoms with Gasteiger partial charge in [-0.2, -0.15) is 0 Å². The maximum Gasteiger partial charge on any atom is 0.411 e. The van der Waals surface area contributed by atoms with Crippen LogP contribution in [0.2, 0.25) is 0 Å². The maximum absolute atomic E-state index is 11.5. The molecule has 0 atom stereocenters. The Morgan fingerprint density at radius 3 is 2.60 bits per heavy atom. The van der Waals surface area contributed by atoms with E-state index in [9.17, 15) is 4.79 Å². The summed E-state index contributed by atoms with van der Waals surface area (Å²) in [6.45, 7) is 4.21. The number of aromatic nitrogens is 2. The number of benzene rings is 1. The summed E-state index contributed by atoms with van der Waals surface area (Å²) in [6, 6.07) is 11.5. The van der Waals surface area contributed by atoms with E-state index < -0.39 is 6.09 Å². The Bertz CT molecular complexity index is 695. The number of hydrogen-bond donors (Lipinski definition) is 1. The van der Waals surface area contributed by atoms with E-state index in [2.05, 4.69) is 20.4 Å². The molecule has 6 nitrogen and oxygen atoms in total. The van der Waals surface area contributed by atoms with Crippen molar-refractivity contribution in [2.45, 2.75) is 32.6 Å². The zero-order chi connectivity index (χ0) is 17.5. The number of hydrogen-bond acceptors (Lipinski definition) is 5. The standard InChI is InChI=1S/C19H24N4O2/c1-2-25-19(24)20-16-9-7-8-15(14-16)17-10-11-18(22-21-17)23-12-5-3-4-6-13-23/h7-11,14H,2-6,12-13H2,1H3,(H,20,24). The molecule has 0 saturated carbocycles. The molecule has 1 amide bonds. The highest BCUT2D eigenvalue weighted by Gasteiger charge is 2.12. The van der Waals surface area contributed by atoms with Crippen LogP contribution in [0.5, 0.6) is 0 Å². The molecule has 25 heavy (non-hydrogen) atoms. The van der Waals surface area contributed by atoms with Crippen LogP contribution in [0.4, 0.5) is 16.3 Å². The van der Waals surface area contributed by atoms with E-state index in [0.717, 1.165) is 30.2 Å². The number of nitrogens with zero attached hydrogens (tertiary/aromatic N) is 3. The molecule has 1 aliphatic rings. The first-order valence-corrected chi connectivity index (χ1v) is 8.89.